The smallest absolute Gasteiger partial charge is 0.188 e. The molecule has 0 aliphatic carbocycles. The summed E-state index contributed by atoms with van der Waals surface area (Å²) in [6.45, 7) is 0. The SMILES string of the molecule is Nc1cc(N)c(Oc2ccc(F)c(F)c2)c(F)c1Cl. The Bertz CT molecular complexity index is 649. The van der Waals surface area contributed by atoms with Crippen LogP contribution in [0.5, 0.6) is 11.5 Å². The molecule has 0 aliphatic rings. The van der Waals surface area contributed by atoms with Gasteiger partial charge in [-0.05, 0) is 18.2 Å². The normalized spacial score (nSPS) is 10.5. The van der Waals surface area contributed by atoms with Gasteiger partial charge in [0, 0.05) is 6.07 Å². The van der Waals surface area contributed by atoms with Gasteiger partial charge in [0.1, 0.15) is 10.8 Å². The molecule has 0 fully saturated rings. The highest BCUT2D eigenvalue weighted by Gasteiger charge is 2.17. The maximum atomic E-state index is 13.8. The molecule has 2 rings (SSSR count). The fourth-order valence-electron chi connectivity index (χ4n) is 1.41. The van der Waals surface area contributed by atoms with Crippen LogP contribution in [-0.2, 0) is 0 Å². The van der Waals surface area contributed by atoms with Gasteiger partial charge in [-0.2, -0.15) is 0 Å². The lowest BCUT2D eigenvalue weighted by atomic mass is 10.2. The minimum absolute atomic E-state index is 0.0469. The number of rotatable bonds is 2. The molecular weight excluding hydrogens is 281 g/mol. The summed E-state index contributed by atoms with van der Waals surface area (Å²) < 4.78 is 44.6. The van der Waals surface area contributed by atoms with E-state index in [1.165, 1.54) is 6.07 Å². The Kier molecular flexibility index (Phi) is 3.44. The Morgan fingerprint density at radius 3 is 2.26 bits per heavy atom. The van der Waals surface area contributed by atoms with Crippen molar-refractivity contribution < 1.29 is 17.9 Å². The molecule has 0 saturated carbocycles. The van der Waals surface area contributed by atoms with Crippen molar-refractivity contribution >= 4 is 23.0 Å². The number of ether oxygens (including phenoxy) is 1. The molecule has 0 atom stereocenters. The number of hydrogen-bond acceptors (Lipinski definition) is 3. The molecule has 2 aromatic rings. The van der Waals surface area contributed by atoms with E-state index in [0.717, 1.165) is 18.2 Å². The lowest BCUT2D eigenvalue weighted by Gasteiger charge is -2.12. The van der Waals surface area contributed by atoms with E-state index in [-0.39, 0.29) is 22.1 Å². The topological polar surface area (TPSA) is 61.3 Å². The van der Waals surface area contributed by atoms with Gasteiger partial charge in [0.2, 0.25) is 0 Å². The Morgan fingerprint density at radius 2 is 1.63 bits per heavy atom. The van der Waals surface area contributed by atoms with Gasteiger partial charge in [-0.15, -0.1) is 0 Å². The maximum Gasteiger partial charge on any atom is 0.188 e. The van der Waals surface area contributed by atoms with E-state index in [2.05, 4.69) is 0 Å². The highest BCUT2D eigenvalue weighted by molar-refractivity contribution is 6.33. The Hall–Kier alpha value is -2.08. The minimum Gasteiger partial charge on any atom is -0.452 e. The number of nitrogens with two attached hydrogens (primary N) is 2. The van der Waals surface area contributed by atoms with Crippen molar-refractivity contribution in [1.29, 1.82) is 0 Å². The van der Waals surface area contributed by atoms with Gasteiger partial charge in [0.05, 0.1) is 11.4 Å². The molecule has 2 aromatic carbocycles. The van der Waals surface area contributed by atoms with Crippen LogP contribution < -0.4 is 16.2 Å². The summed E-state index contributed by atoms with van der Waals surface area (Å²) in [5.74, 6) is -3.66. The first-order valence-electron chi connectivity index (χ1n) is 5.06. The van der Waals surface area contributed by atoms with E-state index < -0.39 is 23.2 Å². The van der Waals surface area contributed by atoms with E-state index in [1.54, 1.807) is 0 Å². The summed E-state index contributed by atoms with van der Waals surface area (Å²) in [4.78, 5) is 0. The van der Waals surface area contributed by atoms with Crippen LogP contribution in [0.4, 0.5) is 24.5 Å². The zero-order chi connectivity index (χ0) is 14.2. The van der Waals surface area contributed by atoms with Crippen molar-refractivity contribution in [1.82, 2.24) is 0 Å². The predicted molar refractivity (Wildman–Crippen MR) is 66.7 cm³/mol. The summed E-state index contributed by atoms with van der Waals surface area (Å²) in [6, 6.07) is 3.94. The van der Waals surface area contributed by atoms with Crippen LogP contribution in [0, 0.1) is 17.5 Å². The summed E-state index contributed by atoms with van der Waals surface area (Å²) in [5.41, 5.74) is 10.8. The van der Waals surface area contributed by atoms with Crippen molar-refractivity contribution in [3.8, 4) is 11.5 Å². The molecule has 0 aliphatic heterocycles. The van der Waals surface area contributed by atoms with E-state index in [0.29, 0.717) is 0 Å². The first kappa shape index (κ1) is 13.4. The van der Waals surface area contributed by atoms with Gasteiger partial charge >= 0.3 is 0 Å². The second-order valence-electron chi connectivity index (χ2n) is 3.69. The van der Waals surface area contributed by atoms with Crippen molar-refractivity contribution in [3.05, 3.63) is 46.7 Å². The van der Waals surface area contributed by atoms with Gasteiger partial charge in [0.15, 0.2) is 23.2 Å². The molecule has 19 heavy (non-hydrogen) atoms. The quantitative estimate of drug-likeness (QED) is 0.828. The second-order valence-corrected chi connectivity index (χ2v) is 4.07. The first-order chi connectivity index (χ1) is 8.90. The summed E-state index contributed by atoms with van der Waals surface area (Å²) in [5, 5.41) is -0.355. The highest BCUT2D eigenvalue weighted by Crippen LogP contribution is 2.38. The van der Waals surface area contributed by atoms with Crippen LogP contribution in [0.2, 0.25) is 5.02 Å². The van der Waals surface area contributed by atoms with Crippen LogP contribution in [0.1, 0.15) is 0 Å². The summed E-state index contributed by atoms with van der Waals surface area (Å²) >= 11 is 5.61. The molecule has 0 aromatic heterocycles. The van der Waals surface area contributed by atoms with Crippen LogP contribution in [0.3, 0.4) is 0 Å². The molecule has 0 spiro atoms. The van der Waals surface area contributed by atoms with Gasteiger partial charge in [-0.25, -0.2) is 13.2 Å². The molecule has 100 valence electrons. The molecule has 0 heterocycles. The second kappa shape index (κ2) is 4.89. The van der Waals surface area contributed by atoms with Gasteiger partial charge < -0.3 is 16.2 Å². The molecule has 0 radical (unpaired) electrons. The van der Waals surface area contributed by atoms with Gasteiger partial charge in [-0.3, -0.25) is 0 Å². The molecule has 7 heteroatoms. The zero-order valence-corrected chi connectivity index (χ0v) is 10.1. The average Bonchev–Trinajstić information content (AvgIpc) is 2.36. The molecule has 0 bridgehead atoms. The third kappa shape index (κ3) is 2.53. The van der Waals surface area contributed by atoms with Gasteiger partial charge in [0.25, 0.3) is 0 Å². The van der Waals surface area contributed by atoms with E-state index in [4.69, 9.17) is 27.8 Å². The number of hydrogen-bond donors (Lipinski definition) is 2. The number of benzene rings is 2. The highest BCUT2D eigenvalue weighted by atomic mass is 35.5. The van der Waals surface area contributed by atoms with Crippen molar-refractivity contribution in [2.75, 3.05) is 11.5 Å². The lowest BCUT2D eigenvalue weighted by molar-refractivity contribution is 0.435. The van der Waals surface area contributed by atoms with Crippen LogP contribution in [-0.4, -0.2) is 0 Å². The van der Waals surface area contributed by atoms with Crippen molar-refractivity contribution in [2.45, 2.75) is 0 Å². The van der Waals surface area contributed by atoms with Crippen LogP contribution in [0.15, 0.2) is 24.3 Å². The molecule has 3 nitrogen and oxygen atoms in total. The van der Waals surface area contributed by atoms with Crippen LogP contribution >= 0.6 is 11.6 Å². The lowest BCUT2D eigenvalue weighted by Crippen LogP contribution is -2.00. The fourth-order valence-corrected chi connectivity index (χ4v) is 1.55. The fraction of sp³-hybridized carbons (Fsp3) is 0. The number of anilines is 2. The van der Waals surface area contributed by atoms with Crippen molar-refractivity contribution in [2.24, 2.45) is 0 Å². The van der Waals surface area contributed by atoms with Gasteiger partial charge in [-0.1, -0.05) is 11.6 Å². The predicted octanol–water partition coefficient (Wildman–Crippen LogP) is 3.71. The Labute approximate surface area is 111 Å². The Balaban J connectivity index is 2.43. The monoisotopic (exact) mass is 288 g/mol. The first-order valence-corrected chi connectivity index (χ1v) is 5.43. The third-order valence-corrected chi connectivity index (χ3v) is 2.71. The van der Waals surface area contributed by atoms with E-state index in [9.17, 15) is 13.2 Å². The zero-order valence-electron chi connectivity index (χ0n) is 9.38. The van der Waals surface area contributed by atoms with Crippen molar-refractivity contribution in [3.63, 3.8) is 0 Å². The Morgan fingerprint density at radius 1 is 0.947 bits per heavy atom. The van der Waals surface area contributed by atoms with E-state index >= 15 is 0 Å². The van der Waals surface area contributed by atoms with Crippen LogP contribution in [0.25, 0.3) is 0 Å². The average molecular weight is 289 g/mol. The standard InChI is InChI=1S/C12H8ClF3N2O/c13-10-8(17)4-9(18)12(11(10)16)19-5-1-2-6(14)7(15)3-5/h1-4H,17-18H2. The summed E-state index contributed by atoms with van der Waals surface area (Å²) in [6.07, 6.45) is 0. The molecule has 0 unspecified atom stereocenters. The minimum atomic E-state index is -1.13. The third-order valence-electron chi connectivity index (χ3n) is 2.33. The molecular formula is C12H8ClF3N2O. The number of nitrogen functional groups attached to an aromatic ring is 2. The molecule has 4 N–H and O–H groups in total. The summed E-state index contributed by atoms with van der Waals surface area (Å²) in [7, 11) is 0. The largest absolute Gasteiger partial charge is 0.452 e. The molecule has 0 amide bonds. The van der Waals surface area contributed by atoms with E-state index in [1.807, 2.05) is 0 Å². The molecule has 0 saturated heterocycles. The maximum absolute atomic E-state index is 13.8. The number of halogens is 4.